The maximum absolute atomic E-state index is 14.0. The Hall–Kier alpha value is -2.72. The third-order valence-electron chi connectivity index (χ3n) is 9.80. The van der Waals surface area contributed by atoms with Crippen LogP contribution in [-0.4, -0.2) is 98.2 Å². The number of hydrogen-bond donors (Lipinski definition) is 1. The number of carbonyl (C=O) groups excluding carboxylic acids is 4. The van der Waals surface area contributed by atoms with Crippen LogP contribution >= 0.6 is 0 Å². The number of rotatable bonds is 20. The lowest BCUT2D eigenvalue weighted by Gasteiger charge is -2.40. The summed E-state index contributed by atoms with van der Waals surface area (Å²) < 4.78 is 17.3. The van der Waals surface area contributed by atoms with Gasteiger partial charge in [-0.25, -0.2) is 4.79 Å². The summed E-state index contributed by atoms with van der Waals surface area (Å²) in [6.45, 7) is 18.5. The molecule has 0 radical (unpaired) electrons. The van der Waals surface area contributed by atoms with E-state index in [-0.39, 0.29) is 60.6 Å². The minimum Gasteiger partial charge on any atom is -0.464 e. The van der Waals surface area contributed by atoms with Crippen LogP contribution in [0.3, 0.4) is 0 Å². The Morgan fingerprint density at radius 2 is 1.66 bits per heavy atom. The lowest BCUT2D eigenvalue weighted by atomic mass is 9.88. The zero-order chi connectivity index (χ0) is 35.8. The van der Waals surface area contributed by atoms with Crippen molar-refractivity contribution in [1.29, 1.82) is 0 Å². The number of nitrogens with zero attached hydrogens (tertiary/aromatic N) is 2. The molecule has 0 bridgehead atoms. The predicted octanol–water partition coefficient (Wildman–Crippen LogP) is 5.55. The highest BCUT2D eigenvalue weighted by Crippen LogP contribution is 2.30. The standard InChI is InChI=1S/C37H65N3O7/c1-13-16-18-25(6)22-29(37(44)47-21-14-2)38-35(42)28(9)34(46-12)30-19-17-20-40(30)32(41)23-31(45-11)33(26(7)15-3)39(10)36(43)27(8)24(4)5/h13,16,18,24,26-31,33-34H,14-15,17,19-23H2,1-12H3,(H,38,42)/b16-13-,25-18+/t26-,27?,28+,29-,30-,31?,33-,34+/m0/s1. The number of hydrogen-bond acceptors (Lipinski definition) is 7. The van der Waals surface area contributed by atoms with E-state index in [4.69, 9.17) is 14.2 Å². The molecule has 1 aliphatic rings. The van der Waals surface area contributed by atoms with Crippen molar-refractivity contribution in [2.45, 2.75) is 131 Å². The fraction of sp³-hybridized carbons (Fsp3) is 0.784. The fourth-order valence-electron chi connectivity index (χ4n) is 6.36. The second-order valence-electron chi connectivity index (χ2n) is 13.6. The van der Waals surface area contributed by atoms with Gasteiger partial charge in [-0.3, -0.25) is 14.4 Å². The van der Waals surface area contributed by atoms with Gasteiger partial charge >= 0.3 is 5.97 Å². The van der Waals surface area contributed by atoms with E-state index in [9.17, 15) is 19.2 Å². The number of nitrogens with one attached hydrogen (secondary N) is 1. The van der Waals surface area contributed by atoms with E-state index in [1.807, 2.05) is 71.7 Å². The van der Waals surface area contributed by atoms with Crippen molar-refractivity contribution in [3.63, 3.8) is 0 Å². The fourth-order valence-corrected chi connectivity index (χ4v) is 6.36. The molecule has 3 amide bonds. The summed E-state index contributed by atoms with van der Waals surface area (Å²) in [6, 6.07) is -1.44. The molecule has 1 rings (SSSR count). The van der Waals surface area contributed by atoms with Gasteiger partial charge in [0.15, 0.2) is 0 Å². The van der Waals surface area contributed by atoms with Gasteiger partial charge in [-0.2, -0.15) is 0 Å². The highest BCUT2D eigenvalue weighted by Gasteiger charge is 2.42. The Morgan fingerprint density at radius 1 is 1.00 bits per heavy atom. The van der Waals surface area contributed by atoms with Gasteiger partial charge in [-0.05, 0) is 51.4 Å². The Kier molecular flexibility index (Phi) is 19.2. The normalized spacial score (nSPS) is 20.0. The zero-order valence-electron chi connectivity index (χ0n) is 31.3. The van der Waals surface area contributed by atoms with Gasteiger partial charge in [0.05, 0.1) is 43.2 Å². The highest BCUT2D eigenvalue weighted by molar-refractivity contribution is 5.86. The molecule has 1 fully saturated rings. The van der Waals surface area contributed by atoms with Crippen LogP contribution in [0.5, 0.6) is 0 Å². The third-order valence-corrected chi connectivity index (χ3v) is 9.80. The van der Waals surface area contributed by atoms with Crippen LogP contribution in [0.1, 0.15) is 101 Å². The number of likely N-dealkylation sites (tertiary alicyclic amines) is 1. The molecule has 0 aromatic rings. The first-order valence-electron chi connectivity index (χ1n) is 17.6. The van der Waals surface area contributed by atoms with E-state index >= 15 is 0 Å². The van der Waals surface area contributed by atoms with Crippen LogP contribution < -0.4 is 5.32 Å². The molecule has 1 heterocycles. The SMILES string of the molecule is C/C=C\C=C(/C)C[C@H](NC(=O)[C@H](C)[C@@H](OC)[C@@H]1CCCN1C(=O)CC(OC)[C@H]([C@@H](C)CC)N(C)C(=O)C(C)C(C)C)C(=O)OCCC. The van der Waals surface area contributed by atoms with Crippen molar-refractivity contribution in [2.24, 2.45) is 23.7 Å². The predicted molar refractivity (Wildman–Crippen MR) is 186 cm³/mol. The monoisotopic (exact) mass is 663 g/mol. The van der Waals surface area contributed by atoms with Gasteiger partial charge < -0.3 is 29.3 Å². The average Bonchev–Trinajstić information content (AvgIpc) is 3.54. The van der Waals surface area contributed by atoms with E-state index in [2.05, 4.69) is 19.2 Å². The van der Waals surface area contributed by atoms with Crippen molar-refractivity contribution in [3.8, 4) is 0 Å². The van der Waals surface area contributed by atoms with Crippen LogP contribution in [0.15, 0.2) is 23.8 Å². The summed E-state index contributed by atoms with van der Waals surface area (Å²) in [5.74, 6) is -1.35. The first-order valence-corrected chi connectivity index (χ1v) is 17.6. The van der Waals surface area contributed by atoms with Crippen LogP contribution in [0.4, 0.5) is 0 Å². The molecule has 0 aromatic heterocycles. The second-order valence-corrected chi connectivity index (χ2v) is 13.6. The van der Waals surface area contributed by atoms with Crippen molar-refractivity contribution in [1.82, 2.24) is 15.1 Å². The number of amides is 3. The van der Waals surface area contributed by atoms with Crippen molar-refractivity contribution in [3.05, 3.63) is 23.8 Å². The summed E-state index contributed by atoms with van der Waals surface area (Å²) in [7, 11) is 4.97. The number of esters is 1. The Labute approximate surface area is 285 Å². The number of likely N-dealkylation sites (N-methyl/N-ethyl adjacent to an activating group) is 1. The molecule has 0 saturated carbocycles. The molecule has 1 saturated heterocycles. The number of carbonyl (C=O) groups is 4. The van der Waals surface area contributed by atoms with Gasteiger partial charge in [0, 0.05) is 33.7 Å². The summed E-state index contributed by atoms with van der Waals surface area (Å²) in [5, 5.41) is 2.91. The maximum Gasteiger partial charge on any atom is 0.328 e. The molecule has 0 aliphatic carbocycles. The molecule has 10 nitrogen and oxygen atoms in total. The van der Waals surface area contributed by atoms with Crippen molar-refractivity contribution < 1.29 is 33.4 Å². The summed E-state index contributed by atoms with van der Waals surface area (Å²) in [4.78, 5) is 57.5. The molecule has 2 unspecified atom stereocenters. The summed E-state index contributed by atoms with van der Waals surface area (Å²) in [6.07, 6.45) is 8.02. The molecular formula is C37H65N3O7. The number of methoxy groups -OCH3 is 2. The quantitative estimate of drug-likeness (QED) is 0.134. The molecule has 10 heteroatoms. The Bertz CT molecular complexity index is 1060. The molecule has 1 aliphatic heterocycles. The van der Waals surface area contributed by atoms with E-state index in [1.54, 1.807) is 26.0 Å². The average molecular weight is 664 g/mol. The molecule has 270 valence electrons. The van der Waals surface area contributed by atoms with Gasteiger partial charge in [0.2, 0.25) is 17.7 Å². The molecule has 0 aromatic carbocycles. The molecule has 47 heavy (non-hydrogen) atoms. The van der Waals surface area contributed by atoms with E-state index in [0.29, 0.717) is 25.8 Å². The first-order chi connectivity index (χ1) is 22.2. The van der Waals surface area contributed by atoms with Gasteiger partial charge in [-0.15, -0.1) is 0 Å². The van der Waals surface area contributed by atoms with Crippen LogP contribution in [0.2, 0.25) is 0 Å². The van der Waals surface area contributed by atoms with Crippen LogP contribution in [0.25, 0.3) is 0 Å². The first kappa shape index (κ1) is 42.3. The molecule has 1 N–H and O–H groups in total. The maximum atomic E-state index is 14.0. The molecular weight excluding hydrogens is 598 g/mol. The number of ether oxygens (including phenoxy) is 3. The molecule has 8 atom stereocenters. The number of allylic oxidation sites excluding steroid dienone is 3. The van der Waals surface area contributed by atoms with Crippen LogP contribution in [0, 0.1) is 23.7 Å². The minimum absolute atomic E-state index is 0.0440. The molecule has 0 spiro atoms. The highest BCUT2D eigenvalue weighted by atomic mass is 16.5. The van der Waals surface area contributed by atoms with Gasteiger partial charge in [0.1, 0.15) is 6.04 Å². The third kappa shape index (κ3) is 12.3. The lowest BCUT2D eigenvalue weighted by molar-refractivity contribution is -0.150. The van der Waals surface area contributed by atoms with Gasteiger partial charge in [0.25, 0.3) is 0 Å². The van der Waals surface area contributed by atoms with Gasteiger partial charge in [-0.1, -0.05) is 78.7 Å². The largest absolute Gasteiger partial charge is 0.464 e. The minimum atomic E-state index is -0.838. The topological polar surface area (TPSA) is 114 Å². The van der Waals surface area contributed by atoms with E-state index in [1.165, 1.54) is 0 Å². The smallest absolute Gasteiger partial charge is 0.328 e. The Morgan fingerprint density at radius 3 is 2.19 bits per heavy atom. The zero-order valence-corrected chi connectivity index (χ0v) is 31.3. The van der Waals surface area contributed by atoms with Crippen molar-refractivity contribution >= 4 is 23.7 Å². The summed E-state index contributed by atoms with van der Waals surface area (Å²) >= 11 is 0. The lowest BCUT2D eigenvalue weighted by Crippen LogP contribution is -2.54. The van der Waals surface area contributed by atoms with Crippen LogP contribution in [-0.2, 0) is 33.4 Å². The Balaban J connectivity index is 3.20. The van der Waals surface area contributed by atoms with E-state index < -0.39 is 30.1 Å². The van der Waals surface area contributed by atoms with E-state index in [0.717, 1.165) is 18.4 Å². The second kappa shape index (κ2) is 21.3. The summed E-state index contributed by atoms with van der Waals surface area (Å²) in [5.41, 5.74) is 0.930. The van der Waals surface area contributed by atoms with Crippen molar-refractivity contribution in [2.75, 3.05) is 34.4 Å².